The van der Waals surface area contributed by atoms with Gasteiger partial charge < -0.3 is 10.9 Å². The minimum absolute atomic E-state index is 0.242. The Labute approximate surface area is 108 Å². The fourth-order valence-electron chi connectivity index (χ4n) is 1.45. The molecular weight excluding hydrogens is 254 g/mol. The van der Waals surface area contributed by atoms with Gasteiger partial charge in [-0.1, -0.05) is 36.0 Å². The summed E-state index contributed by atoms with van der Waals surface area (Å²) in [5, 5.41) is 11.7. The standard InChI is InChI=1S/C11H13N3OS2/c1-7(6-10(12)14-15)16-11-13-8-4-2-3-5-9(8)17-11/h2-5,7,15H,6H2,1H3,(H2,12,14). The van der Waals surface area contributed by atoms with Crippen LogP contribution in [0.25, 0.3) is 10.2 Å². The molecule has 1 heterocycles. The summed E-state index contributed by atoms with van der Waals surface area (Å²) in [4.78, 5) is 4.52. The third-order valence-electron chi connectivity index (χ3n) is 2.20. The van der Waals surface area contributed by atoms with Gasteiger partial charge in [0.15, 0.2) is 4.34 Å². The number of hydrogen-bond donors (Lipinski definition) is 2. The zero-order valence-corrected chi connectivity index (χ0v) is 11.0. The maximum Gasteiger partial charge on any atom is 0.151 e. The van der Waals surface area contributed by atoms with E-state index < -0.39 is 0 Å². The molecular formula is C11H13N3OS2. The Bertz CT molecular complexity index is 505. The molecule has 1 unspecified atom stereocenters. The number of amidine groups is 1. The molecule has 90 valence electrons. The smallest absolute Gasteiger partial charge is 0.151 e. The van der Waals surface area contributed by atoms with Crippen LogP contribution in [0, 0.1) is 0 Å². The SMILES string of the molecule is CC(CC(N)=NO)Sc1nc2ccccc2s1. The van der Waals surface area contributed by atoms with Gasteiger partial charge in [-0.2, -0.15) is 0 Å². The lowest BCUT2D eigenvalue weighted by Crippen LogP contribution is -2.16. The average Bonchev–Trinajstić information content (AvgIpc) is 2.70. The topological polar surface area (TPSA) is 71.5 Å². The van der Waals surface area contributed by atoms with Crippen molar-refractivity contribution >= 4 is 39.2 Å². The van der Waals surface area contributed by atoms with E-state index in [1.54, 1.807) is 23.1 Å². The molecule has 0 amide bonds. The first kappa shape index (κ1) is 12.2. The normalized spacial score (nSPS) is 14.1. The van der Waals surface area contributed by atoms with Crippen LogP contribution < -0.4 is 5.73 Å². The van der Waals surface area contributed by atoms with Gasteiger partial charge in [0.05, 0.1) is 10.2 Å². The highest BCUT2D eigenvalue weighted by Gasteiger charge is 2.10. The number of nitrogens with zero attached hydrogens (tertiary/aromatic N) is 2. The second-order valence-electron chi connectivity index (χ2n) is 3.67. The molecule has 0 spiro atoms. The lowest BCUT2D eigenvalue weighted by atomic mass is 10.3. The largest absolute Gasteiger partial charge is 0.409 e. The van der Waals surface area contributed by atoms with Crippen LogP contribution in [0.4, 0.5) is 0 Å². The minimum Gasteiger partial charge on any atom is -0.409 e. The number of hydrogen-bond acceptors (Lipinski definition) is 5. The Hall–Kier alpha value is -1.27. The van der Waals surface area contributed by atoms with E-state index in [2.05, 4.69) is 16.2 Å². The van der Waals surface area contributed by atoms with Crippen LogP contribution in [-0.4, -0.2) is 21.3 Å². The van der Waals surface area contributed by atoms with Gasteiger partial charge in [0.25, 0.3) is 0 Å². The van der Waals surface area contributed by atoms with Gasteiger partial charge in [0.2, 0.25) is 0 Å². The number of thiazole rings is 1. The minimum atomic E-state index is 0.242. The predicted molar refractivity (Wildman–Crippen MR) is 73.0 cm³/mol. The van der Waals surface area contributed by atoms with Crippen molar-refractivity contribution in [3.63, 3.8) is 0 Å². The van der Waals surface area contributed by atoms with Crippen LogP contribution in [0.5, 0.6) is 0 Å². The molecule has 2 rings (SSSR count). The molecule has 17 heavy (non-hydrogen) atoms. The van der Waals surface area contributed by atoms with Crippen molar-refractivity contribution in [2.75, 3.05) is 0 Å². The van der Waals surface area contributed by atoms with Crippen molar-refractivity contribution in [2.24, 2.45) is 10.9 Å². The highest BCUT2D eigenvalue weighted by Crippen LogP contribution is 2.32. The van der Waals surface area contributed by atoms with Crippen LogP contribution in [0.3, 0.4) is 0 Å². The van der Waals surface area contributed by atoms with E-state index in [0.717, 1.165) is 9.86 Å². The third-order valence-corrected chi connectivity index (χ3v) is 4.43. The molecule has 2 aromatic rings. The molecule has 0 aliphatic rings. The van der Waals surface area contributed by atoms with E-state index in [-0.39, 0.29) is 11.1 Å². The average molecular weight is 267 g/mol. The molecule has 1 aromatic heterocycles. The Morgan fingerprint density at radius 3 is 3.06 bits per heavy atom. The fourth-order valence-corrected chi connectivity index (χ4v) is 3.85. The molecule has 0 aliphatic heterocycles. The molecule has 6 heteroatoms. The van der Waals surface area contributed by atoms with Crippen LogP contribution in [0.2, 0.25) is 0 Å². The Morgan fingerprint density at radius 2 is 2.35 bits per heavy atom. The number of nitrogens with two attached hydrogens (primary N) is 1. The molecule has 0 bridgehead atoms. The quantitative estimate of drug-likeness (QED) is 0.294. The molecule has 1 aromatic carbocycles. The van der Waals surface area contributed by atoms with E-state index in [9.17, 15) is 0 Å². The van der Waals surface area contributed by atoms with Crippen molar-refractivity contribution in [1.29, 1.82) is 0 Å². The molecule has 0 saturated carbocycles. The third kappa shape index (κ3) is 3.10. The van der Waals surface area contributed by atoms with Crippen LogP contribution in [-0.2, 0) is 0 Å². The highest BCUT2D eigenvalue weighted by molar-refractivity contribution is 8.01. The zero-order chi connectivity index (χ0) is 12.3. The van der Waals surface area contributed by atoms with Gasteiger partial charge in [-0.05, 0) is 12.1 Å². The molecule has 0 saturated heterocycles. The maximum absolute atomic E-state index is 8.50. The van der Waals surface area contributed by atoms with E-state index >= 15 is 0 Å². The maximum atomic E-state index is 8.50. The van der Waals surface area contributed by atoms with Gasteiger partial charge in [-0.3, -0.25) is 0 Å². The number of oxime groups is 1. The summed E-state index contributed by atoms with van der Waals surface area (Å²) in [6.45, 7) is 2.04. The van der Waals surface area contributed by atoms with Gasteiger partial charge in [-0.25, -0.2) is 4.98 Å². The Balaban J connectivity index is 2.08. The number of benzene rings is 1. The Morgan fingerprint density at radius 1 is 1.59 bits per heavy atom. The predicted octanol–water partition coefficient (Wildman–Crippen LogP) is 2.91. The second-order valence-corrected chi connectivity index (χ2v) is 6.39. The summed E-state index contributed by atoms with van der Waals surface area (Å²) in [6.07, 6.45) is 0.553. The first-order valence-electron chi connectivity index (χ1n) is 5.17. The van der Waals surface area contributed by atoms with Gasteiger partial charge in [0, 0.05) is 11.7 Å². The lowest BCUT2D eigenvalue weighted by molar-refractivity contribution is 0.317. The molecule has 3 N–H and O–H groups in total. The summed E-state index contributed by atoms with van der Waals surface area (Å²) in [5.41, 5.74) is 6.50. The van der Waals surface area contributed by atoms with Gasteiger partial charge in [-0.15, -0.1) is 11.3 Å². The molecule has 1 atom stereocenters. The number of para-hydroxylation sites is 1. The van der Waals surface area contributed by atoms with E-state index in [0.29, 0.717) is 6.42 Å². The first-order chi connectivity index (χ1) is 8.19. The van der Waals surface area contributed by atoms with Crippen molar-refractivity contribution in [1.82, 2.24) is 4.98 Å². The summed E-state index contributed by atoms with van der Waals surface area (Å²) < 4.78 is 2.20. The molecule has 4 nitrogen and oxygen atoms in total. The van der Waals surface area contributed by atoms with Crippen molar-refractivity contribution in [3.8, 4) is 0 Å². The number of thioether (sulfide) groups is 1. The fraction of sp³-hybridized carbons (Fsp3) is 0.273. The molecule has 0 radical (unpaired) electrons. The van der Waals surface area contributed by atoms with Gasteiger partial charge >= 0.3 is 0 Å². The summed E-state index contributed by atoms with van der Waals surface area (Å²) in [5.74, 6) is 0.256. The van der Waals surface area contributed by atoms with Crippen molar-refractivity contribution in [2.45, 2.75) is 22.9 Å². The zero-order valence-electron chi connectivity index (χ0n) is 9.33. The van der Waals surface area contributed by atoms with Crippen molar-refractivity contribution < 1.29 is 5.21 Å². The molecule has 0 aliphatic carbocycles. The van der Waals surface area contributed by atoms with Crippen LogP contribution >= 0.6 is 23.1 Å². The molecule has 0 fully saturated rings. The van der Waals surface area contributed by atoms with Crippen LogP contribution in [0.15, 0.2) is 33.8 Å². The van der Waals surface area contributed by atoms with E-state index in [1.165, 1.54) is 4.70 Å². The summed E-state index contributed by atoms with van der Waals surface area (Å²) >= 11 is 3.32. The second kappa shape index (κ2) is 5.37. The Kier molecular flexibility index (Phi) is 3.86. The number of aromatic nitrogens is 1. The monoisotopic (exact) mass is 267 g/mol. The first-order valence-corrected chi connectivity index (χ1v) is 6.87. The van der Waals surface area contributed by atoms with Crippen LogP contribution in [0.1, 0.15) is 13.3 Å². The summed E-state index contributed by atoms with van der Waals surface area (Å²) in [7, 11) is 0. The van der Waals surface area contributed by atoms with E-state index in [1.807, 2.05) is 25.1 Å². The number of fused-ring (bicyclic) bond motifs is 1. The highest BCUT2D eigenvalue weighted by atomic mass is 32.2. The summed E-state index contributed by atoms with van der Waals surface area (Å²) in [6, 6.07) is 8.06. The van der Waals surface area contributed by atoms with Gasteiger partial charge in [0.1, 0.15) is 5.84 Å². The van der Waals surface area contributed by atoms with E-state index in [4.69, 9.17) is 10.9 Å². The number of rotatable bonds is 4. The lowest BCUT2D eigenvalue weighted by Gasteiger charge is -2.06. The van der Waals surface area contributed by atoms with Crippen molar-refractivity contribution in [3.05, 3.63) is 24.3 Å².